The number of aliphatic carboxylic acids is 1. The molecule has 0 aromatic carbocycles. The van der Waals surface area contributed by atoms with E-state index in [0.29, 0.717) is 0 Å². The van der Waals surface area contributed by atoms with E-state index in [1.807, 2.05) is 0 Å². The van der Waals surface area contributed by atoms with Crippen molar-refractivity contribution in [1.29, 1.82) is 0 Å². The molecule has 188 valence electrons. The van der Waals surface area contributed by atoms with Gasteiger partial charge in [0.05, 0.1) is 26.2 Å². The van der Waals surface area contributed by atoms with E-state index in [2.05, 4.69) is 34.6 Å². The number of quaternary nitrogens is 1. The third kappa shape index (κ3) is 23.9. The van der Waals surface area contributed by atoms with Crippen molar-refractivity contribution < 1.29 is 14.4 Å². The summed E-state index contributed by atoms with van der Waals surface area (Å²) >= 11 is 0. The Morgan fingerprint density at radius 2 is 0.774 bits per heavy atom. The fraction of sp³-hybridized carbons (Fsp3) is 0.964. The van der Waals surface area contributed by atoms with E-state index >= 15 is 0 Å². The summed E-state index contributed by atoms with van der Waals surface area (Å²) in [7, 11) is 0. The Hall–Kier alpha value is -0.570. The van der Waals surface area contributed by atoms with Crippen LogP contribution in [0.5, 0.6) is 0 Å². The molecule has 0 rings (SSSR count). The fourth-order valence-electron chi connectivity index (χ4n) is 4.22. The fourth-order valence-corrected chi connectivity index (χ4v) is 4.22. The average molecular weight is 442 g/mol. The van der Waals surface area contributed by atoms with Gasteiger partial charge in [0.25, 0.3) is 0 Å². The standard InChI is InChI=1S/C16H36N.C12H24O2/c1-5-9-13-17(14-10-6-2,15-11-7-3)16-12-8-4;1-2-3-4-5-6-7-8-9-10-11-12(13)14/h5-16H2,1-4H3;2-11H2,1H3,(H,13,14)/q+1;/p-1. The molecule has 0 heterocycles. The second-order valence-corrected chi connectivity index (χ2v) is 9.60. The van der Waals surface area contributed by atoms with Gasteiger partial charge in [-0.2, -0.15) is 0 Å². The summed E-state index contributed by atoms with van der Waals surface area (Å²) in [5.41, 5.74) is 0. The van der Waals surface area contributed by atoms with Gasteiger partial charge in [0.1, 0.15) is 0 Å². The van der Waals surface area contributed by atoms with Gasteiger partial charge >= 0.3 is 0 Å². The van der Waals surface area contributed by atoms with Crippen LogP contribution in [0.3, 0.4) is 0 Å². The van der Waals surface area contributed by atoms with Gasteiger partial charge in [0, 0.05) is 5.97 Å². The van der Waals surface area contributed by atoms with E-state index in [1.54, 1.807) is 0 Å². The lowest BCUT2D eigenvalue weighted by molar-refractivity contribution is -0.929. The van der Waals surface area contributed by atoms with E-state index in [0.717, 1.165) is 12.8 Å². The zero-order chi connectivity index (χ0) is 23.6. The average Bonchev–Trinajstić information content (AvgIpc) is 2.77. The van der Waals surface area contributed by atoms with E-state index in [-0.39, 0.29) is 6.42 Å². The number of carboxylic acids is 1. The molecule has 3 nitrogen and oxygen atoms in total. The van der Waals surface area contributed by atoms with Crippen molar-refractivity contribution in [1.82, 2.24) is 0 Å². The zero-order valence-corrected chi connectivity index (χ0v) is 22.3. The van der Waals surface area contributed by atoms with E-state index < -0.39 is 5.97 Å². The maximum atomic E-state index is 10.1. The first kappa shape index (κ1) is 32.6. The molecule has 0 saturated carbocycles. The van der Waals surface area contributed by atoms with Crippen molar-refractivity contribution in [2.24, 2.45) is 0 Å². The maximum absolute atomic E-state index is 10.1. The SMILES string of the molecule is CCCCCCCCCCCC(=O)[O-].CCCC[N+](CCCC)(CCCC)CCCC. The van der Waals surface area contributed by atoms with Crippen LogP contribution in [0.4, 0.5) is 0 Å². The lowest BCUT2D eigenvalue weighted by atomic mass is 10.1. The molecule has 0 aliphatic carbocycles. The third-order valence-electron chi connectivity index (χ3n) is 6.43. The molecule has 0 aliphatic heterocycles. The van der Waals surface area contributed by atoms with Crippen molar-refractivity contribution in [3.63, 3.8) is 0 Å². The van der Waals surface area contributed by atoms with Crippen LogP contribution in [-0.4, -0.2) is 36.6 Å². The van der Waals surface area contributed by atoms with Crippen molar-refractivity contribution in [3.05, 3.63) is 0 Å². The number of unbranched alkanes of at least 4 members (excludes halogenated alkanes) is 12. The number of hydrogen-bond donors (Lipinski definition) is 0. The van der Waals surface area contributed by atoms with Gasteiger partial charge < -0.3 is 14.4 Å². The Labute approximate surface area is 197 Å². The largest absolute Gasteiger partial charge is 0.550 e. The van der Waals surface area contributed by atoms with Gasteiger partial charge in [-0.25, -0.2) is 0 Å². The monoisotopic (exact) mass is 441 g/mol. The summed E-state index contributed by atoms with van der Waals surface area (Å²) in [5.74, 6) is -0.909. The number of rotatable bonds is 22. The molecule has 3 heteroatoms. The molecule has 0 aliphatic rings. The predicted octanol–water partition coefficient (Wildman–Crippen LogP) is 7.66. The van der Waals surface area contributed by atoms with Gasteiger partial charge in [-0.1, -0.05) is 112 Å². The topological polar surface area (TPSA) is 40.1 Å². The van der Waals surface area contributed by atoms with Crippen LogP contribution >= 0.6 is 0 Å². The smallest absolute Gasteiger partial charge is 0.0786 e. The van der Waals surface area contributed by atoms with Crippen LogP contribution < -0.4 is 5.11 Å². The van der Waals surface area contributed by atoms with Crippen molar-refractivity contribution in [2.45, 2.75) is 150 Å². The summed E-state index contributed by atoms with van der Waals surface area (Å²) in [5, 5.41) is 10.1. The van der Waals surface area contributed by atoms with Crippen molar-refractivity contribution >= 4 is 5.97 Å². The van der Waals surface area contributed by atoms with Crippen LogP contribution in [-0.2, 0) is 4.79 Å². The van der Waals surface area contributed by atoms with Crippen LogP contribution in [0, 0.1) is 0 Å². The highest BCUT2D eigenvalue weighted by Gasteiger charge is 2.24. The summed E-state index contributed by atoms with van der Waals surface area (Å²) in [4.78, 5) is 10.1. The molecule has 0 aromatic heterocycles. The highest BCUT2D eigenvalue weighted by atomic mass is 16.4. The molecule has 0 aromatic rings. The molecule has 0 bridgehead atoms. The minimum absolute atomic E-state index is 0.232. The second-order valence-electron chi connectivity index (χ2n) is 9.60. The van der Waals surface area contributed by atoms with E-state index in [1.165, 1.54) is 127 Å². The minimum Gasteiger partial charge on any atom is -0.550 e. The first-order valence-corrected chi connectivity index (χ1v) is 14.1. The number of carbonyl (C=O) groups is 1. The van der Waals surface area contributed by atoms with Gasteiger partial charge in [-0.15, -0.1) is 0 Å². The summed E-state index contributed by atoms with van der Waals surface area (Å²) in [6, 6.07) is 0. The molecular weight excluding hydrogens is 382 g/mol. The highest BCUT2D eigenvalue weighted by Crippen LogP contribution is 2.16. The van der Waals surface area contributed by atoms with Gasteiger partial charge in [-0.3, -0.25) is 0 Å². The zero-order valence-electron chi connectivity index (χ0n) is 22.3. The van der Waals surface area contributed by atoms with Crippen molar-refractivity contribution in [3.8, 4) is 0 Å². The highest BCUT2D eigenvalue weighted by molar-refractivity contribution is 5.63. The van der Waals surface area contributed by atoms with Crippen LogP contribution in [0.1, 0.15) is 150 Å². The number of carboxylic acid groups (broad SMARTS) is 1. The van der Waals surface area contributed by atoms with Crippen molar-refractivity contribution in [2.75, 3.05) is 26.2 Å². The predicted molar refractivity (Wildman–Crippen MR) is 136 cm³/mol. The summed E-state index contributed by atoms with van der Waals surface area (Å²) in [6.07, 6.45) is 22.2. The Morgan fingerprint density at radius 3 is 1.06 bits per heavy atom. The summed E-state index contributed by atoms with van der Waals surface area (Å²) in [6.45, 7) is 17.2. The molecule has 0 unspecified atom stereocenters. The van der Waals surface area contributed by atoms with Gasteiger partial charge in [-0.05, 0) is 38.5 Å². The second kappa shape index (κ2) is 25.7. The molecular formula is C28H59NO2. The number of nitrogens with zero attached hydrogens (tertiary/aromatic N) is 1. The minimum atomic E-state index is -0.909. The summed E-state index contributed by atoms with van der Waals surface area (Å²) < 4.78 is 1.42. The first-order chi connectivity index (χ1) is 15.0. The van der Waals surface area contributed by atoms with Crippen LogP contribution in [0.25, 0.3) is 0 Å². The molecule has 0 radical (unpaired) electrons. The quantitative estimate of drug-likeness (QED) is 0.128. The van der Waals surface area contributed by atoms with E-state index in [4.69, 9.17) is 0 Å². The molecule has 0 N–H and O–H groups in total. The van der Waals surface area contributed by atoms with Gasteiger partial charge in [0.15, 0.2) is 0 Å². The lowest BCUT2D eigenvalue weighted by Crippen LogP contribution is -2.50. The molecule has 0 spiro atoms. The normalized spacial score (nSPS) is 11.3. The van der Waals surface area contributed by atoms with Crippen LogP contribution in [0.2, 0.25) is 0 Å². The molecule has 0 amide bonds. The van der Waals surface area contributed by atoms with E-state index in [9.17, 15) is 9.90 Å². The Morgan fingerprint density at radius 1 is 0.484 bits per heavy atom. The Balaban J connectivity index is 0. The van der Waals surface area contributed by atoms with Gasteiger partial charge in [0.2, 0.25) is 0 Å². The Bertz CT molecular complexity index is 319. The number of hydrogen-bond acceptors (Lipinski definition) is 2. The lowest BCUT2D eigenvalue weighted by Gasteiger charge is -2.39. The molecule has 0 atom stereocenters. The Kier molecular flexibility index (Phi) is 27.0. The molecule has 31 heavy (non-hydrogen) atoms. The number of carbonyl (C=O) groups excluding carboxylic acids is 1. The van der Waals surface area contributed by atoms with Crippen LogP contribution in [0.15, 0.2) is 0 Å². The maximum Gasteiger partial charge on any atom is 0.0786 e. The first-order valence-electron chi connectivity index (χ1n) is 14.1. The molecule has 0 saturated heterocycles. The third-order valence-corrected chi connectivity index (χ3v) is 6.43. The molecule has 0 fully saturated rings.